The summed E-state index contributed by atoms with van der Waals surface area (Å²) in [6.45, 7) is 1.21. The SMILES string of the molecule is COc1ccc2cc3[n+](cc2c1OC)CCc1cc2c(cc1-3)OCO2.O=[N+]([O-])c1cc([N+](=O)[O-])c(O)c([N+](=O)[O-])c1. The standard InChI is InChI=1S/C20H18NO4.C6H3N3O7/c1-22-17-4-3-12-7-16-14-9-19-18(24-11-25-19)8-13(14)5-6-21(16)10-15(12)20(17)23-2;10-6-4(8(13)14)1-3(7(11)12)2-5(6)9(15)16/h3-4,7-10H,5-6,11H2,1-2H3;1-2,10H/q+1;. The fraction of sp³-hybridized carbons (Fsp3) is 0.192. The number of nitro benzene ring substituents is 3. The van der Waals surface area contributed by atoms with Crippen molar-refractivity contribution in [3.8, 4) is 40.0 Å². The van der Waals surface area contributed by atoms with Crippen molar-refractivity contribution in [2.24, 2.45) is 0 Å². The van der Waals surface area contributed by atoms with Crippen LogP contribution in [0.5, 0.6) is 28.7 Å². The molecule has 2 aliphatic heterocycles. The van der Waals surface area contributed by atoms with E-state index in [-0.39, 0.29) is 0 Å². The van der Waals surface area contributed by atoms with Gasteiger partial charge in [0.15, 0.2) is 35.7 Å². The van der Waals surface area contributed by atoms with Crippen molar-refractivity contribution in [3.05, 3.63) is 84.6 Å². The Morgan fingerprint density at radius 2 is 1.54 bits per heavy atom. The number of aryl methyl sites for hydroxylation is 2. The van der Waals surface area contributed by atoms with Gasteiger partial charge in [0.25, 0.3) is 11.4 Å². The molecule has 0 aliphatic carbocycles. The molecule has 0 radical (unpaired) electrons. The maximum Gasteiger partial charge on any atom is 0.324 e. The number of phenols is 1. The third kappa shape index (κ3) is 4.80. The van der Waals surface area contributed by atoms with E-state index >= 15 is 0 Å². The minimum atomic E-state index is -1.21. The maximum absolute atomic E-state index is 10.4. The number of methoxy groups -OCH3 is 2. The van der Waals surface area contributed by atoms with E-state index in [0.717, 1.165) is 46.7 Å². The van der Waals surface area contributed by atoms with Gasteiger partial charge in [-0.2, -0.15) is 4.57 Å². The first-order valence-corrected chi connectivity index (χ1v) is 11.9. The number of fused-ring (bicyclic) bond motifs is 5. The molecule has 1 aromatic heterocycles. The summed E-state index contributed by atoms with van der Waals surface area (Å²) in [6.07, 6.45) is 3.11. The van der Waals surface area contributed by atoms with Gasteiger partial charge in [-0.3, -0.25) is 30.3 Å². The van der Waals surface area contributed by atoms with Crippen LogP contribution < -0.4 is 23.5 Å². The molecule has 0 unspecified atom stereocenters. The summed E-state index contributed by atoms with van der Waals surface area (Å²) in [4.78, 5) is 27.8. The number of aromatic hydroxyl groups is 1. The molecule has 210 valence electrons. The van der Waals surface area contributed by atoms with E-state index in [9.17, 15) is 30.3 Å². The van der Waals surface area contributed by atoms with Crippen molar-refractivity contribution >= 4 is 27.8 Å². The third-order valence-corrected chi connectivity index (χ3v) is 6.66. The molecule has 0 amide bonds. The lowest BCUT2D eigenvalue weighted by molar-refractivity contribution is -0.686. The number of benzene rings is 3. The van der Waals surface area contributed by atoms with Gasteiger partial charge in [-0.15, -0.1) is 0 Å². The highest BCUT2D eigenvalue weighted by atomic mass is 16.7. The van der Waals surface area contributed by atoms with E-state index in [1.54, 1.807) is 14.2 Å². The average Bonchev–Trinajstić information content (AvgIpc) is 3.41. The van der Waals surface area contributed by atoms with Crippen LogP contribution in [0, 0.1) is 30.3 Å². The average molecular weight is 565 g/mol. The number of ether oxygens (including phenoxy) is 4. The highest BCUT2D eigenvalue weighted by Gasteiger charge is 2.30. The number of pyridine rings is 1. The Bertz CT molecular complexity index is 1720. The largest absolute Gasteiger partial charge is 0.497 e. The smallest absolute Gasteiger partial charge is 0.324 e. The Hall–Kier alpha value is -5.73. The van der Waals surface area contributed by atoms with Crippen LogP contribution in [0.3, 0.4) is 0 Å². The van der Waals surface area contributed by atoms with Crippen LogP contribution in [0.1, 0.15) is 5.56 Å². The van der Waals surface area contributed by atoms with Gasteiger partial charge >= 0.3 is 11.4 Å². The molecule has 0 atom stereocenters. The van der Waals surface area contributed by atoms with Crippen LogP contribution >= 0.6 is 0 Å². The predicted octanol–water partition coefficient (Wildman–Crippen LogP) is 4.21. The normalized spacial score (nSPS) is 12.4. The fourth-order valence-corrected chi connectivity index (χ4v) is 4.74. The maximum atomic E-state index is 10.4. The lowest BCUT2D eigenvalue weighted by atomic mass is 9.95. The second-order valence-corrected chi connectivity index (χ2v) is 8.87. The molecule has 6 rings (SSSR count). The van der Waals surface area contributed by atoms with Gasteiger partial charge in [-0.1, -0.05) is 0 Å². The highest BCUT2D eigenvalue weighted by Crippen LogP contribution is 2.42. The Kier molecular flexibility index (Phi) is 6.84. The Labute approximate surface area is 230 Å². The quantitative estimate of drug-likeness (QED) is 0.207. The molecule has 15 nitrogen and oxygen atoms in total. The van der Waals surface area contributed by atoms with Crippen LogP contribution in [-0.4, -0.2) is 40.9 Å². The van der Waals surface area contributed by atoms with Gasteiger partial charge in [0, 0.05) is 12.5 Å². The number of rotatable bonds is 5. The van der Waals surface area contributed by atoms with Crippen molar-refractivity contribution in [1.29, 1.82) is 0 Å². The number of nitro groups is 3. The lowest BCUT2D eigenvalue weighted by Gasteiger charge is -2.17. The fourth-order valence-electron chi connectivity index (χ4n) is 4.74. The summed E-state index contributed by atoms with van der Waals surface area (Å²) in [6, 6.07) is 11.3. The van der Waals surface area contributed by atoms with Gasteiger partial charge in [-0.05, 0) is 35.2 Å². The molecule has 0 spiro atoms. The topological polar surface area (TPSA) is 190 Å². The monoisotopic (exact) mass is 565 g/mol. The molecule has 0 bridgehead atoms. The highest BCUT2D eigenvalue weighted by molar-refractivity contribution is 5.91. The lowest BCUT2D eigenvalue weighted by Crippen LogP contribution is -2.40. The number of nitrogens with zero attached hydrogens (tertiary/aromatic N) is 4. The Morgan fingerprint density at radius 1 is 0.878 bits per heavy atom. The van der Waals surface area contributed by atoms with Crippen molar-refractivity contribution in [1.82, 2.24) is 0 Å². The second-order valence-electron chi connectivity index (χ2n) is 8.87. The van der Waals surface area contributed by atoms with Gasteiger partial charge in [0.2, 0.25) is 12.5 Å². The van der Waals surface area contributed by atoms with Crippen molar-refractivity contribution < 1.29 is 43.4 Å². The first-order chi connectivity index (χ1) is 19.6. The summed E-state index contributed by atoms with van der Waals surface area (Å²) in [5, 5.41) is 42.4. The predicted molar refractivity (Wildman–Crippen MR) is 141 cm³/mol. The second kappa shape index (κ2) is 10.4. The number of aromatic nitrogens is 1. The van der Waals surface area contributed by atoms with Crippen LogP contribution in [-0.2, 0) is 13.0 Å². The zero-order chi connectivity index (χ0) is 29.4. The first-order valence-electron chi connectivity index (χ1n) is 11.9. The van der Waals surface area contributed by atoms with E-state index in [1.807, 2.05) is 6.07 Å². The molecule has 3 heterocycles. The summed E-state index contributed by atoms with van der Waals surface area (Å²) < 4.78 is 24.4. The minimum absolute atomic E-state index is 0.299. The number of hydrogen-bond acceptors (Lipinski definition) is 11. The van der Waals surface area contributed by atoms with Crippen LogP contribution in [0.15, 0.2) is 48.7 Å². The molecule has 0 saturated heterocycles. The first kappa shape index (κ1) is 26.9. The zero-order valence-electron chi connectivity index (χ0n) is 21.6. The van der Waals surface area contributed by atoms with E-state index < -0.39 is 37.6 Å². The minimum Gasteiger partial charge on any atom is -0.497 e. The third-order valence-electron chi connectivity index (χ3n) is 6.66. The van der Waals surface area contributed by atoms with E-state index in [2.05, 4.69) is 35.0 Å². The zero-order valence-corrected chi connectivity index (χ0v) is 21.6. The Morgan fingerprint density at radius 3 is 2.12 bits per heavy atom. The molecule has 0 saturated carbocycles. The summed E-state index contributed by atoms with van der Waals surface area (Å²) in [5.41, 5.74) is 0.675. The number of hydrogen-bond donors (Lipinski definition) is 1. The van der Waals surface area contributed by atoms with Crippen LogP contribution in [0.4, 0.5) is 17.1 Å². The summed E-state index contributed by atoms with van der Waals surface area (Å²) >= 11 is 0. The van der Waals surface area contributed by atoms with Gasteiger partial charge in [0.1, 0.15) is 0 Å². The summed E-state index contributed by atoms with van der Waals surface area (Å²) in [7, 11) is 3.34. The number of phenolic OH excluding ortho intramolecular Hbond substituents is 1. The molecular formula is C26H21N4O11+. The van der Waals surface area contributed by atoms with Crippen LogP contribution in [0.25, 0.3) is 22.0 Å². The van der Waals surface area contributed by atoms with Crippen molar-refractivity contribution in [3.63, 3.8) is 0 Å². The van der Waals surface area contributed by atoms with E-state index in [1.165, 1.54) is 16.8 Å². The molecule has 15 heteroatoms. The molecule has 41 heavy (non-hydrogen) atoms. The Balaban J connectivity index is 0.000000184. The van der Waals surface area contributed by atoms with Gasteiger partial charge in [-0.25, -0.2) is 0 Å². The molecular weight excluding hydrogens is 544 g/mol. The molecule has 3 aromatic carbocycles. The van der Waals surface area contributed by atoms with Gasteiger partial charge < -0.3 is 24.1 Å². The molecule has 2 aliphatic rings. The van der Waals surface area contributed by atoms with Gasteiger partial charge in [0.05, 0.1) is 52.1 Å². The van der Waals surface area contributed by atoms with Crippen molar-refractivity contribution in [2.75, 3.05) is 21.0 Å². The van der Waals surface area contributed by atoms with E-state index in [0.29, 0.717) is 18.9 Å². The molecule has 4 aromatic rings. The number of non-ortho nitro benzene ring substituents is 1. The molecule has 1 N–H and O–H groups in total. The van der Waals surface area contributed by atoms with Crippen molar-refractivity contribution in [2.45, 2.75) is 13.0 Å². The summed E-state index contributed by atoms with van der Waals surface area (Å²) in [5.74, 6) is 1.97. The van der Waals surface area contributed by atoms with E-state index in [4.69, 9.17) is 24.1 Å². The van der Waals surface area contributed by atoms with Crippen LogP contribution in [0.2, 0.25) is 0 Å². The molecule has 0 fully saturated rings.